The van der Waals surface area contributed by atoms with E-state index in [4.69, 9.17) is 4.74 Å². The molecule has 0 aliphatic heterocycles. The number of nitrogens with zero attached hydrogens (tertiary/aromatic N) is 1. The molecule has 27 heavy (non-hydrogen) atoms. The highest BCUT2D eigenvalue weighted by Crippen LogP contribution is 2.32. The number of methoxy groups -OCH3 is 1. The van der Waals surface area contributed by atoms with Crippen LogP contribution in [0.5, 0.6) is 5.75 Å². The third kappa shape index (κ3) is 2.98. The molecule has 4 aromatic rings. The minimum atomic E-state index is -3.82. The molecule has 136 valence electrons. The smallest absolute Gasteiger partial charge is 0.268 e. The molecule has 3 aromatic carbocycles. The first-order valence-corrected chi connectivity index (χ1v) is 9.70. The minimum absolute atomic E-state index is 0.148. The van der Waals surface area contributed by atoms with E-state index in [2.05, 4.69) is 0 Å². The second-order valence-corrected chi connectivity index (χ2v) is 7.86. The Hall–Kier alpha value is -3.12. The molecule has 0 amide bonds. The zero-order valence-electron chi connectivity index (χ0n) is 14.5. The molecule has 0 radical (unpaired) electrons. The number of ether oxygens (including phenoxy) is 1. The van der Waals surface area contributed by atoms with Crippen molar-refractivity contribution in [3.8, 4) is 16.9 Å². The van der Waals surface area contributed by atoms with Crippen molar-refractivity contribution in [3.63, 3.8) is 0 Å². The molecule has 1 heterocycles. The molecule has 0 atom stereocenters. The van der Waals surface area contributed by atoms with E-state index in [0.29, 0.717) is 22.4 Å². The normalized spacial score (nSPS) is 11.6. The summed E-state index contributed by atoms with van der Waals surface area (Å²) < 4.78 is 46.5. The lowest BCUT2D eigenvalue weighted by Crippen LogP contribution is -2.12. The molecule has 4 nitrogen and oxygen atoms in total. The van der Waals surface area contributed by atoms with Gasteiger partial charge in [0, 0.05) is 17.1 Å². The Labute approximate surface area is 156 Å². The highest BCUT2D eigenvalue weighted by molar-refractivity contribution is 7.90. The van der Waals surface area contributed by atoms with E-state index in [1.165, 1.54) is 41.5 Å². The summed E-state index contributed by atoms with van der Waals surface area (Å²) in [5, 5.41) is 0.758. The van der Waals surface area contributed by atoms with Gasteiger partial charge in [-0.2, -0.15) is 0 Å². The lowest BCUT2D eigenvalue weighted by molar-refractivity contribution is 0.414. The predicted molar refractivity (Wildman–Crippen MR) is 103 cm³/mol. The van der Waals surface area contributed by atoms with Gasteiger partial charge in [-0.1, -0.05) is 30.3 Å². The van der Waals surface area contributed by atoms with Crippen molar-refractivity contribution in [2.45, 2.75) is 4.90 Å². The van der Waals surface area contributed by atoms with E-state index >= 15 is 0 Å². The first kappa shape index (κ1) is 17.3. The van der Waals surface area contributed by atoms with Gasteiger partial charge in [0.25, 0.3) is 10.0 Å². The number of para-hydroxylation sites is 1. The molecule has 0 saturated carbocycles. The largest absolute Gasteiger partial charge is 0.497 e. The number of hydrogen-bond donors (Lipinski definition) is 0. The average Bonchev–Trinajstić information content (AvgIpc) is 3.13. The molecular weight excluding hydrogens is 365 g/mol. The van der Waals surface area contributed by atoms with Crippen molar-refractivity contribution < 1.29 is 17.5 Å². The van der Waals surface area contributed by atoms with Gasteiger partial charge in [-0.25, -0.2) is 16.8 Å². The van der Waals surface area contributed by atoms with Crippen LogP contribution in [0.3, 0.4) is 0 Å². The van der Waals surface area contributed by atoms with Gasteiger partial charge >= 0.3 is 0 Å². The fourth-order valence-electron chi connectivity index (χ4n) is 3.11. The lowest BCUT2D eigenvalue weighted by Gasteiger charge is -2.12. The maximum atomic E-state index is 13.7. The number of benzene rings is 3. The quantitative estimate of drug-likeness (QED) is 0.515. The molecule has 0 aliphatic rings. The summed E-state index contributed by atoms with van der Waals surface area (Å²) in [7, 11) is -2.30. The molecule has 0 unspecified atom stereocenters. The van der Waals surface area contributed by atoms with Crippen molar-refractivity contribution in [2.75, 3.05) is 7.11 Å². The number of rotatable bonds is 4. The van der Waals surface area contributed by atoms with E-state index in [-0.39, 0.29) is 10.7 Å². The van der Waals surface area contributed by atoms with E-state index in [1.54, 1.807) is 36.4 Å². The number of fused-ring (bicyclic) bond motifs is 1. The third-order valence-corrected chi connectivity index (χ3v) is 6.12. The van der Waals surface area contributed by atoms with Crippen molar-refractivity contribution in [2.24, 2.45) is 0 Å². The maximum Gasteiger partial charge on any atom is 0.268 e. The average molecular weight is 381 g/mol. The predicted octanol–water partition coefficient (Wildman–Crippen LogP) is 4.69. The lowest BCUT2D eigenvalue weighted by atomic mass is 10.0. The summed E-state index contributed by atoms with van der Waals surface area (Å²) in [5.74, 6) is 0.201. The van der Waals surface area contributed by atoms with E-state index in [9.17, 15) is 12.8 Å². The molecule has 0 N–H and O–H groups in total. The van der Waals surface area contributed by atoms with Crippen LogP contribution in [0.2, 0.25) is 0 Å². The zero-order chi connectivity index (χ0) is 19.0. The molecule has 4 rings (SSSR count). The molecule has 0 spiro atoms. The van der Waals surface area contributed by atoms with Gasteiger partial charge in [0.1, 0.15) is 11.6 Å². The Morgan fingerprint density at radius 2 is 1.67 bits per heavy atom. The number of halogens is 1. The zero-order valence-corrected chi connectivity index (χ0v) is 15.3. The minimum Gasteiger partial charge on any atom is -0.497 e. The van der Waals surface area contributed by atoms with Gasteiger partial charge in [-0.15, -0.1) is 0 Å². The fourth-order valence-corrected chi connectivity index (χ4v) is 4.49. The van der Waals surface area contributed by atoms with Crippen LogP contribution in [0.4, 0.5) is 4.39 Å². The number of hydrogen-bond acceptors (Lipinski definition) is 3. The molecular formula is C21H16FNO3S. The van der Waals surface area contributed by atoms with Gasteiger partial charge in [0.05, 0.1) is 17.5 Å². The molecule has 6 heteroatoms. The maximum absolute atomic E-state index is 13.7. The van der Waals surface area contributed by atoms with Gasteiger partial charge in [-0.3, -0.25) is 0 Å². The van der Waals surface area contributed by atoms with Gasteiger partial charge < -0.3 is 4.74 Å². The standard InChI is InChI=1S/C21H16FNO3S/c1-26-18-8-10-19(11-9-18)27(24,25)23-13-12-15-4-3-7-20(21(15)23)16-5-2-6-17(22)14-16/h2-14H,1H3. The Bertz CT molecular complexity index is 1230. The fraction of sp³-hybridized carbons (Fsp3) is 0.0476. The molecule has 0 saturated heterocycles. The van der Waals surface area contributed by atoms with Crippen molar-refractivity contribution >= 4 is 20.9 Å². The summed E-state index contributed by atoms with van der Waals surface area (Å²) in [5.41, 5.74) is 1.78. The first-order chi connectivity index (χ1) is 13.0. The van der Waals surface area contributed by atoms with Crippen LogP contribution < -0.4 is 4.74 Å². The van der Waals surface area contributed by atoms with Crippen LogP contribution in [-0.2, 0) is 10.0 Å². The Balaban J connectivity index is 1.94. The van der Waals surface area contributed by atoms with E-state index in [0.717, 1.165) is 5.39 Å². The van der Waals surface area contributed by atoms with Crippen LogP contribution in [0.1, 0.15) is 0 Å². The number of aromatic nitrogens is 1. The Kier molecular flexibility index (Phi) is 4.20. The summed E-state index contributed by atoms with van der Waals surface area (Å²) in [6.45, 7) is 0. The first-order valence-electron chi connectivity index (χ1n) is 8.26. The monoisotopic (exact) mass is 381 g/mol. The molecule has 0 fully saturated rings. The molecule has 0 bridgehead atoms. The second kappa shape index (κ2) is 6.55. The highest BCUT2D eigenvalue weighted by Gasteiger charge is 2.21. The van der Waals surface area contributed by atoms with Crippen LogP contribution >= 0.6 is 0 Å². The van der Waals surface area contributed by atoms with Gasteiger partial charge in [0.15, 0.2) is 0 Å². The van der Waals surface area contributed by atoms with Gasteiger partial charge in [-0.05, 0) is 48.0 Å². The van der Waals surface area contributed by atoms with Crippen LogP contribution in [0.15, 0.2) is 83.9 Å². The third-order valence-electron chi connectivity index (χ3n) is 4.43. The SMILES string of the molecule is COc1ccc(S(=O)(=O)n2ccc3cccc(-c4cccc(F)c4)c32)cc1. The Morgan fingerprint density at radius 3 is 2.37 bits per heavy atom. The van der Waals surface area contributed by atoms with Crippen LogP contribution in [0.25, 0.3) is 22.0 Å². The topological polar surface area (TPSA) is 48.3 Å². The summed E-state index contributed by atoms with van der Waals surface area (Å²) in [6.07, 6.45) is 1.52. The Morgan fingerprint density at radius 1 is 0.926 bits per heavy atom. The van der Waals surface area contributed by atoms with Crippen LogP contribution in [0, 0.1) is 5.82 Å². The summed E-state index contributed by atoms with van der Waals surface area (Å²) in [4.78, 5) is 0.148. The van der Waals surface area contributed by atoms with Crippen molar-refractivity contribution in [3.05, 3.63) is 84.8 Å². The van der Waals surface area contributed by atoms with Gasteiger partial charge in [0.2, 0.25) is 0 Å². The van der Waals surface area contributed by atoms with Crippen molar-refractivity contribution in [1.82, 2.24) is 3.97 Å². The molecule has 0 aliphatic carbocycles. The second-order valence-electron chi connectivity index (χ2n) is 6.05. The molecule has 1 aromatic heterocycles. The van der Waals surface area contributed by atoms with Crippen LogP contribution in [-0.4, -0.2) is 19.5 Å². The van der Waals surface area contributed by atoms with Crippen molar-refractivity contribution in [1.29, 1.82) is 0 Å². The summed E-state index contributed by atoms with van der Waals surface area (Å²) >= 11 is 0. The summed E-state index contributed by atoms with van der Waals surface area (Å²) in [6, 6.07) is 19.5. The van der Waals surface area contributed by atoms with E-state index in [1.807, 2.05) is 12.1 Å². The van der Waals surface area contributed by atoms with E-state index < -0.39 is 10.0 Å². The highest BCUT2D eigenvalue weighted by atomic mass is 32.2.